The number of hydrogen-bond donors (Lipinski definition) is 2. The maximum atomic E-state index is 14.8. The summed E-state index contributed by atoms with van der Waals surface area (Å²) in [6, 6.07) is 12.0. The lowest BCUT2D eigenvalue weighted by Crippen LogP contribution is -2.51. The summed E-state index contributed by atoms with van der Waals surface area (Å²) in [5.41, 5.74) is 9.62. The number of fused-ring (bicyclic) bond motifs is 5. The van der Waals surface area contributed by atoms with E-state index < -0.39 is 5.82 Å². The maximum absolute atomic E-state index is 14.8. The molecule has 37 heavy (non-hydrogen) atoms. The molecule has 2 saturated heterocycles. The van der Waals surface area contributed by atoms with Gasteiger partial charge in [-0.25, -0.2) is 14.4 Å². The van der Waals surface area contributed by atoms with E-state index in [9.17, 15) is 14.8 Å². The Morgan fingerprint density at radius 3 is 2.78 bits per heavy atom. The zero-order valence-corrected chi connectivity index (χ0v) is 20.4. The average Bonchev–Trinajstić information content (AvgIpc) is 3.20. The van der Waals surface area contributed by atoms with Gasteiger partial charge in [-0.1, -0.05) is 18.6 Å². The molecule has 2 aromatic heterocycles. The van der Waals surface area contributed by atoms with Crippen molar-refractivity contribution in [2.45, 2.75) is 37.8 Å². The van der Waals surface area contributed by atoms with Gasteiger partial charge in [-0.05, 0) is 55.0 Å². The van der Waals surface area contributed by atoms with Crippen molar-refractivity contribution < 1.29 is 14.2 Å². The highest BCUT2D eigenvalue weighted by atomic mass is 19.1. The monoisotopic (exact) mass is 498 g/mol. The molecule has 3 N–H and O–H groups in total. The highest BCUT2D eigenvalue weighted by Crippen LogP contribution is 2.41. The van der Waals surface area contributed by atoms with E-state index in [0.717, 1.165) is 38.2 Å². The second-order valence-corrected chi connectivity index (χ2v) is 9.85. The lowest BCUT2D eigenvalue weighted by molar-refractivity contribution is 0.330. The van der Waals surface area contributed by atoms with E-state index in [0.29, 0.717) is 33.9 Å². The Balaban J connectivity index is 1.61. The van der Waals surface area contributed by atoms with Crippen LogP contribution in [0.2, 0.25) is 0 Å². The molecule has 3 atom stereocenters. The number of rotatable bonds is 4. The summed E-state index contributed by atoms with van der Waals surface area (Å²) in [7, 11) is 1.42. The highest BCUT2D eigenvalue weighted by Gasteiger charge is 2.38. The van der Waals surface area contributed by atoms with Crippen molar-refractivity contribution in [1.82, 2.24) is 14.4 Å². The number of ether oxygens (including phenoxy) is 1. The predicted octanol–water partition coefficient (Wildman–Crippen LogP) is 4.49. The Morgan fingerprint density at radius 2 is 2.03 bits per heavy atom. The minimum absolute atomic E-state index is 0.141. The van der Waals surface area contributed by atoms with Gasteiger partial charge in [0.05, 0.1) is 23.9 Å². The smallest absolute Gasteiger partial charge is 0.212 e. The molecular formula is C28H27FN6O2. The first-order chi connectivity index (χ1) is 18.0. The highest BCUT2D eigenvalue weighted by molar-refractivity contribution is 5.91. The standard InChI is InChI=1S/C28H27FN6O2/c1-37-24-8-7-16(11-21(24)29)25-26(17-5-6-18(14-30)23(36)12-17)33-28(34-10-9-32-27(25)34)35-15-19-3-2-4-20(35)13-22(19)31/h5-12,19-20,22,36H,2-4,13,15,31H2,1H3. The first kappa shape index (κ1) is 23.3. The Hall–Kier alpha value is -4.16. The van der Waals surface area contributed by atoms with Gasteiger partial charge < -0.3 is 20.5 Å². The number of aromatic nitrogens is 3. The average molecular weight is 499 g/mol. The molecule has 7 rings (SSSR count). The van der Waals surface area contributed by atoms with Crippen LogP contribution >= 0.6 is 0 Å². The molecule has 4 aromatic rings. The molecule has 2 aliphatic heterocycles. The Bertz CT molecular complexity index is 1540. The molecule has 0 radical (unpaired) electrons. The van der Waals surface area contributed by atoms with Crippen LogP contribution in [0.15, 0.2) is 48.8 Å². The van der Waals surface area contributed by atoms with Crippen LogP contribution in [0, 0.1) is 23.1 Å². The first-order valence-electron chi connectivity index (χ1n) is 12.4. The third kappa shape index (κ3) is 3.85. The molecule has 3 fully saturated rings. The molecule has 0 amide bonds. The van der Waals surface area contributed by atoms with Crippen LogP contribution in [0.3, 0.4) is 0 Å². The van der Waals surface area contributed by atoms with Gasteiger partial charge >= 0.3 is 0 Å². The Labute approximate surface area is 213 Å². The molecule has 9 heteroatoms. The summed E-state index contributed by atoms with van der Waals surface area (Å²) in [5.74, 6) is 0.631. The molecule has 2 aromatic carbocycles. The third-order valence-electron chi connectivity index (χ3n) is 7.75. The second-order valence-electron chi connectivity index (χ2n) is 9.85. The molecule has 8 nitrogen and oxygen atoms in total. The van der Waals surface area contributed by atoms with Crippen molar-refractivity contribution >= 4 is 11.6 Å². The van der Waals surface area contributed by atoms with Crippen LogP contribution in [0.5, 0.6) is 11.5 Å². The number of methoxy groups -OCH3 is 1. The van der Waals surface area contributed by atoms with Gasteiger partial charge in [-0.3, -0.25) is 4.40 Å². The van der Waals surface area contributed by atoms with Crippen LogP contribution in [0.25, 0.3) is 28.0 Å². The normalized spacial score (nSPS) is 21.1. The quantitative estimate of drug-likeness (QED) is 0.426. The van der Waals surface area contributed by atoms with Crippen LogP contribution in [-0.4, -0.2) is 45.2 Å². The summed E-state index contributed by atoms with van der Waals surface area (Å²) in [6.07, 6.45) is 7.76. The molecule has 1 aliphatic carbocycles. The van der Waals surface area contributed by atoms with E-state index in [1.165, 1.54) is 19.2 Å². The lowest BCUT2D eigenvalue weighted by Gasteiger charge is -2.41. The summed E-state index contributed by atoms with van der Waals surface area (Å²) in [6.45, 7) is 0.806. The predicted molar refractivity (Wildman–Crippen MR) is 138 cm³/mol. The minimum atomic E-state index is -0.499. The number of phenols is 1. The second kappa shape index (κ2) is 9.05. The number of imidazole rings is 1. The fraction of sp³-hybridized carbons (Fsp3) is 0.321. The van der Waals surface area contributed by atoms with Crippen molar-refractivity contribution in [1.29, 1.82) is 5.26 Å². The summed E-state index contributed by atoms with van der Waals surface area (Å²) < 4.78 is 21.9. The maximum Gasteiger partial charge on any atom is 0.212 e. The van der Waals surface area contributed by atoms with Gasteiger partial charge in [0.1, 0.15) is 17.5 Å². The number of piperidine rings is 1. The largest absolute Gasteiger partial charge is 0.507 e. The number of benzene rings is 2. The van der Waals surface area contributed by atoms with Gasteiger partial charge in [0.2, 0.25) is 5.95 Å². The van der Waals surface area contributed by atoms with E-state index in [1.54, 1.807) is 30.5 Å². The number of hydrogen-bond acceptors (Lipinski definition) is 7. The molecule has 1 saturated carbocycles. The molecule has 188 valence electrons. The number of nitrogens with zero attached hydrogens (tertiary/aromatic N) is 5. The number of anilines is 1. The fourth-order valence-electron chi connectivity index (χ4n) is 5.85. The third-order valence-corrected chi connectivity index (χ3v) is 7.75. The topological polar surface area (TPSA) is 113 Å². The zero-order chi connectivity index (χ0) is 25.7. The van der Waals surface area contributed by atoms with E-state index in [1.807, 2.05) is 16.7 Å². The van der Waals surface area contributed by atoms with E-state index in [-0.39, 0.29) is 29.1 Å². The van der Waals surface area contributed by atoms with Crippen LogP contribution in [0.1, 0.15) is 31.2 Å². The minimum Gasteiger partial charge on any atom is -0.507 e. The molecule has 2 bridgehead atoms. The van der Waals surface area contributed by atoms with E-state index >= 15 is 0 Å². The van der Waals surface area contributed by atoms with Gasteiger partial charge in [0.25, 0.3) is 0 Å². The van der Waals surface area contributed by atoms with Gasteiger partial charge in [0, 0.05) is 36.6 Å². The molecule has 0 spiro atoms. The first-order valence-corrected chi connectivity index (χ1v) is 12.4. The van der Waals surface area contributed by atoms with Gasteiger partial charge in [0.15, 0.2) is 11.6 Å². The summed E-state index contributed by atoms with van der Waals surface area (Å²) in [4.78, 5) is 12.2. The number of aromatic hydroxyl groups is 1. The van der Waals surface area contributed by atoms with Crippen LogP contribution in [0.4, 0.5) is 10.3 Å². The van der Waals surface area contributed by atoms with E-state index in [2.05, 4.69) is 9.88 Å². The number of nitriles is 1. The Kier molecular flexibility index (Phi) is 5.69. The van der Waals surface area contributed by atoms with Crippen molar-refractivity contribution in [3.05, 3.63) is 60.2 Å². The Morgan fingerprint density at radius 1 is 1.19 bits per heavy atom. The summed E-state index contributed by atoms with van der Waals surface area (Å²) >= 11 is 0. The number of nitrogens with two attached hydrogens (primary N) is 1. The fourth-order valence-corrected chi connectivity index (χ4v) is 5.85. The van der Waals surface area contributed by atoms with Crippen molar-refractivity contribution in [2.75, 3.05) is 18.6 Å². The molecule has 3 aliphatic rings. The van der Waals surface area contributed by atoms with Crippen molar-refractivity contribution in [3.8, 4) is 40.0 Å². The number of halogens is 1. The van der Waals surface area contributed by atoms with Crippen LogP contribution < -0.4 is 15.4 Å². The molecule has 3 unspecified atom stereocenters. The lowest BCUT2D eigenvalue weighted by atomic mass is 9.90. The van der Waals surface area contributed by atoms with Gasteiger partial charge in [-0.15, -0.1) is 0 Å². The van der Waals surface area contributed by atoms with Crippen molar-refractivity contribution in [3.63, 3.8) is 0 Å². The zero-order valence-electron chi connectivity index (χ0n) is 20.4. The number of phenolic OH excluding ortho intramolecular Hbond substituents is 1. The van der Waals surface area contributed by atoms with Crippen molar-refractivity contribution in [2.24, 2.45) is 11.7 Å². The van der Waals surface area contributed by atoms with E-state index in [4.69, 9.17) is 15.5 Å². The molecular weight excluding hydrogens is 471 g/mol. The van der Waals surface area contributed by atoms with Gasteiger partial charge in [-0.2, -0.15) is 5.26 Å². The SMILES string of the molecule is COc1ccc(-c2c(-c3ccc(C#N)c(O)c3)nc(N3CC4CCCC3CC4N)n3ccnc23)cc1F. The van der Waals surface area contributed by atoms with Crippen LogP contribution in [-0.2, 0) is 0 Å². The summed E-state index contributed by atoms with van der Waals surface area (Å²) in [5, 5.41) is 19.8. The molecule has 4 heterocycles.